The molecular weight excluding hydrogens is 426 g/mol. The Bertz CT molecular complexity index is 1200. The van der Waals surface area contributed by atoms with Gasteiger partial charge in [0.25, 0.3) is 5.89 Å². The lowest BCUT2D eigenvalue weighted by atomic mass is 9.94. The minimum absolute atomic E-state index is 0.00237. The molecule has 0 fully saturated rings. The second-order valence-electron chi connectivity index (χ2n) is 7.33. The van der Waals surface area contributed by atoms with E-state index >= 15 is 0 Å². The van der Waals surface area contributed by atoms with Crippen molar-refractivity contribution in [3.63, 3.8) is 0 Å². The van der Waals surface area contributed by atoms with Gasteiger partial charge in [-0.05, 0) is 35.4 Å². The Hall–Kier alpha value is -4.14. The summed E-state index contributed by atoms with van der Waals surface area (Å²) in [7, 11) is 3.09. The molecule has 0 aliphatic carbocycles. The first-order valence-electron chi connectivity index (χ1n) is 10.3. The highest BCUT2D eigenvalue weighted by molar-refractivity contribution is 5.80. The summed E-state index contributed by atoms with van der Waals surface area (Å²) in [6.07, 6.45) is 3.54. The third-order valence-electron chi connectivity index (χ3n) is 5.30. The van der Waals surface area contributed by atoms with Gasteiger partial charge in [-0.25, -0.2) is 0 Å². The second-order valence-corrected chi connectivity index (χ2v) is 7.33. The molecule has 9 heteroatoms. The molecule has 0 unspecified atom stereocenters. The molecule has 1 aromatic heterocycles. The average molecular weight is 449 g/mol. The van der Waals surface area contributed by atoms with Gasteiger partial charge in [-0.1, -0.05) is 29.4 Å². The molecule has 0 radical (unpaired) electrons. The summed E-state index contributed by atoms with van der Waals surface area (Å²) in [6, 6.07) is 12.4. The van der Waals surface area contributed by atoms with Crippen molar-refractivity contribution in [3.05, 3.63) is 65.7 Å². The molecule has 2 aromatic carbocycles. The molecular formula is C24H23N3O6. The quantitative estimate of drug-likeness (QED) is 0.502. The van der Waals surface area contributed by atoms with Crippen molar-refractivity contribution < 1.29 is 28.3 Å². The van der Waals surface area contributed by atoms with Crippen molar-refractivity contribution in [1.29, 1.82) is 0 Å². The van der Waals surface area contributed by atoms with Crippen LogP contribution in [0.1, 0.15) is 36.4 Å². The molecule has 1 amide bonds. The van der Waals surface area contributed by atoms with E-state index in [9.17, 15) is 9.59 Å². The predicted molar refractivity (Wildman–Crippen MR) is 118 cm³/mol. The highest BCUT2D eigenvalue weighted by Crippen LogP contribution is 2.33. The first-order valence-corrected chi connectivity index (χ1v) is 10.3. The Kier molecular flexibility index (Phi) is 6.39. The normalized spacial score (nSPS) is 14.5. The Morgan fingerprint density at radius 1 is 1.09 bits per heavy atom. The maximum atomic E-state index is 12.6. The molecule has 1 atom stereocenters. The van der Waals surface area contributed by atoms with Crippen LogP contribution in [0.3, 0.4) is 0 Å². The number of aromatic nitrogens is 2. The number of carbonyl (C=O) groups excluding carboxylic acids is 2. The molecule has 4 rings (SSSR count). The maximum Gasteiger partial charge on any atom is 0.308 e. The van der Waals surface area contributed by atoms with Crippen molar-refractivity contribution in [2.75, 3.05) is 14.2 Å². The Labute approximate surface area is 190 Å². The molecule has 1 aliphatic heterocycles. The summed E-state index contributed by atoms with van der Waals surface area (Å²) in [4.78, 5) is 30.5. The molecule has 0 bridgehead atoms. The average Bonchev–Trinajstić information content (AvgIpc) is 3.31. The number of carbonyl (C=O) groups is 2. The molecule has 1 aliphatic rings. The van der Waals surface area contributed by atoms with E-state index in [0.29, 0.717) is 22.9 Å². The number of hydrogen-bond donors (Lipinski definition) is 0. The highest BCUT2D eigenvalue weighted by Gasteiger charge is 2.29. The van der Waals surface area contributed by atoms with Gasteiger partial charge in [-0.15, -0.1) is 0 Å². The minimum atomic E-state index is -0.484. The van der Waals surface area contributed by atoms with Crippen molar-refractivity contribution in [2.24, 2.45) is 0 Å². The van der Waals surface area contributed by atoms with Crippen LogP contribution in [0, 0.1) is 0 Å². The number of methoxy groups -OCH3 is 2. The lowest BCUT2D eigenvalue weighted by Crippen LogP contribution is -2.32. The molecule has 0 N–H and O–H groups in total. The smallest absolute Gasteiger partial charge is 0.308 e. The molecule has 0 saturated carbocycles. The van der Waals surface area contributed by atoms with Gasteiger partial charge in [0.2, 0.25) is 11.7 Å². The van der Waals surface area contributed by atoms with E-state index in [0.717, 1.165) is 11.1 Å². The number of hydrogen-bond acceptors (Lipinski definition) is 8. The van der Waals surface area contributed by atoms with Crippen LogP contribution in [-0.2, 0) is 20.9 Å². The maximum absolute atomic E-state index is 12.6. The van der Waals surface area contributed by atoms with Crippen LogP contribution in [0.4, 0.5) is 0 Å². The van der Waals surface area contributed by atoms with Gasteiger partial charge >= 0.3 is 5.97 Å². The summed E-state index contributed by atoms with van der Waals surface area (Å²) >= 11 is 0. The van der Waals surface area contributed by atoms with E-state index < -0.39 is 12.0 Å². The first-order chi connectivity index (χ1) is 16.0. The lowest BCUT2D eigenvalue weighted by molar-refractivity contribution is -0.147. The fourth-order valence-electron chi connectivity index (χ4n) is 3.68. The number of amides is 1. The van der Waals surface area contributed by atoms with Gasteiger partial charge in [0.1, 0.15) is 0 Å². The largest absolute Gasteiger partial charge is 0.493 e. The molecule has 33 heavy (non-hydrogen) atoms. The van der Waals surface area contributed by atoms with E-state index in [-0.39, 0.29) is 24.8 Å². The van der Waals surface area contributed by atoms with Crippen LogP contribution < -0.4 is 9.47 Å². The zero-order valence-electron chi connectivity index (χ0n) is 18.5. The number of benzene rings is 2. The van der Waals surface area contributed by atoms with Crippen LogP contribution >= 0.6 is 0 Å². The van der Waals surface area contributed by atoms with Crippen molar-refractivity contribution in [1.82, 2.24) is 15.0 Å². The third-order valence-corrected chi connectivity index (χ3v) is 5.30. The zero-order chi connectivity index (χ0) is 23.4. The van der Waals surface area contributed by atoms with E-state index in [1.807, 2.05) is 30.3 Å². The van der Waals surface area contributed by atoms with Gasteiger partial charge in [-0.3, -0.25) is 9.59 Å². The highest BCUT2D eigenvalue weighted by atomic mass is 16.6. The van der Waals surface area contributed by atoms with Crippen LogP contribution in [-0.4, -0.2) is 41.1 Å². The fraction of sp³-hybridized carbons (Fsp3) is 0.250. The molecule has 0 saturated heterocycles. The summed E-state index contributed by atoms with van der Waals surface area (Å²) in [5, 5.41) is 3.94. The second kappa shape index (κ2) is 9.56. The molecule has 0 spiro atoms. The van der Waals surface area contributed by atoms with Crippen molar-refractivity contribution >= 4 is 18.0 Å². The van der Waals surface area contributed by atoms with E-state index in [1.165, 1.54) is 18.9 Å². The number of fused-ring (bicyclic) bond motifs is 1. The monoisotopic (exact) mass is 449 g/mol. The van der Waals surface area contributed by atoms with E-state index in [2.05, 4.69) is 10.1 Å². The van der Waals surface area contributed by atoms with Crippen LogP contribution in [0.2, 0.25) is 0 Å². The number of ether oxygens (including phenoxy) is 3. The minimum Gasteiger partial charge on any atom is -0.493 e. The van der Waals surface area contributed by atoms with Gasteiger partial charge in [-0.2, -0.15) is 4.98 Å². The van der Waals surface area contributed by atoms with Gasteiger partial charge in [0, 0.05) is 18.7 Å². The zero-order valence-corrected chi connectivity index (χ0v) is 18.5. The number of rotatable bonds is 7. The summed E-state index contributed by atoms with van der Waals surface area (Å²) < 4.78 is 21.1. The third kappa shape index (κ3) is 4.72. The van der Waals surface area contributed by atoms with Crippen molar-refractivity contribution in [2.45, 2.75) is 26.0 Å². The van der Waals surface area contributed by atoms with Gasteiger partial charge < -0.3 is 23.6 Å². The Morgan fingerprint density at radius 3 is 2.64 bits per heavy atom. The summed E-state index contributed by atoms with van der Waals surface area (Å²) in [5.41, 5.74) is 2.52. The number of nitrogens with zero attached hydrogens (tertiary/aromatic N) is 3. The predicted octanol–water partition coefficient (Wildman–Crippen LogP) is 3.76. The van der Waals surface area contributed by atoms with Gasteiger partial charge in [0.15, 0.2) is 18.1 Å². The summed E-state index contributed by atoms with van der Waals surface area (Å²) in [5.74, 6) is 0.955. The first kappa shape index (κ1) is 22.1. The van der Waals surface area contributed by atoms with E-state index in [4.69, 9.17) is 18.7 Å². The van der Waals surface area contributed by atoms with Crippen LogP contribution in [0.5, 0.6) is 11.5 Å². The summed E-state index contributed by atoms with van der Waals surface area (Å²) in [6.45, 7) is 1.29. The van der Waals surface area contributed by atoms with Crippen LogP contribution in [0.25, 0.3) is 17.5 Å². The molecule has 3 aromatic rings. The van der Waals surface area contributed by atoms with Crippen LogP contribution in [0.15, 0.2) is 53.2 Å². The standard InChI is InChI=1S/C24H23N3O6/c1-15(28)27-11-10-16-6-4-5-7-18(16)19(27)13-23(29)32-14-22-25-24(26-33-22)17-8-9-20(30-2)21(12-17)31-3/h4-12,19H,13-14H2,1-3H3/t19-/m1/s1. The van der Waals surface area contributed by atoms with E-state index in [1.54, 1.807) is 31.5 Å². The lowest BCUT2D eigenvalue weighted by Gasteiger charge is -2.32. The molecule has 9 nitrogen and oxygen atoms in total. The topological polar surface area (TPSA) is 104 Å². The Morgan fingerprint density at radius 2 is 1.88 bits per heavy atom. The van der Waals surface area contributed by atoms with Crippen molar-refractivity contribution in [3.8, 4) is 22.9 Å². The van der Waals surface area contributed by atoms with Gasteiger partial charge in [0.05, 0.1) is 26.7 Å². The SMILES string of the molecule is COc1ccc(-c2noc(COC(=O)C[C@@H]3c4ccccc4C=CN3C(C)=O)n2)cc1OC. The molecule has 170 valence electrons. The fourth-order valence-corrected chi connectivity index (χ4v) is 3.68. The number of esters is 1. The molecule has 2 heterocycles. The Balaban J connectivity index is 1.42.